The van der Waals surface area contributed by atoms with Crippen LogP contribution in [-0.2, 0) is 27.9 Å². The van der Waals surface area contributed by atoms with Crippen molar-refractivity contribution in [2.45, 2.75) is 232 Å². The Kier molecular flexibility index (Phi) is 47.9. The monoisotopic (exact) mass is 918 g/mol. The highest BCUT2D eigenvalue weighted by molar-refractivity contribution is 7.47. The average Bonchev–Trinajstić information content (AvgIpc) is 3.28. The average molecular weight is 918 g/mol. The van der Waals surface area contributed by atoms with Gasteiger partial charge in [-0.1, -0.05) is 222 Å². The summed E-state index contributed by atoms with van der Waals surface area (Å²) < 4.78 is 27.0. The number of hydrogen-bond donors (Lipinski definition) is 3. The number of rotatable bonds is 48. The third-order valence-electron chi connectivity index (χ3n) is 10.9. The second-order valence-corrected chi connectivity index (χ2v) is 18.6. The highest BCUT2D eigenvalue weighted by atomic mass is 31.2. The van der Waals surface area contributed by atoms with Crippen LogP contribution in [0.25, 0.3) is 0 Å². The maximum Gasteiger partial charge on any atom is 0.472 e. The fraction of sp³-hybridized carbons (Fsp3) is 0.741. The van der Waals surface area contributed by atoms with E-state index in [-0.39, 0.29) is 32.1 Å². The Hall–Kier alpha value is -2.55. The molecule has 0 spiro atoms. The van der Waals surface area contributed by atoms with Gasteiger partial charge in [0.15, 0.2) is 0 Å². The number of phosphoric ester groups is 1. The van der Waals surface area contributed by atoms with Crippen molar-refractivity contribution < 1.29 is 37.9 Å². The van der Waals surface area contributed by atoms with E-state index in [9.17, 15) is 24.2 Å². The van der Waals surface area contributed by atoms with Crippen LogP contribution in [0.3, 0.4) is 0 Å². The Bertz CT molecular complexity index is 1280. The first-order valence-corrected chi connectivity index (χ1v) is 27.4. The topological polar surface area (TPSA) is 131 Å². The molecular formula is C54H96NO8P. The van der Waals surface area contributed by atoms with Gasteiger partial charge in [0.25, 0.3) is 0 Å². The molecule has 0 bridgehead atoms. The lowest BCUT2D eigenvalue weighted by atomic mass is 10.0. The summed E-state index contributed by atoms with van der Waals surface area (Å²) in [6.07, 6.45) is 62.8. The molecule has 0 rings (SSSR count). The summed E-state index contributed by atoms with van der Waals surface area (Å²) in [6, 6.07) is 0. The molecule has 3 N–H and O–H groups in total. The Morgan fingerprint density at radius 3 is 1.33 bits per heavy atom. The number of aliphatic hydroxyl groups excluding tert-OH is 1. The lowest BCUT2D eigenvalue weighted by Crippen LogP contribution is -2.27. The molecule has 10 heteroatoms. The fourth-order valence-electron chi connectivity index (χ4n) is 7.03. The second-order valence-electron chi connectivity index (χ2n) is 17.1. The normalized spacial score (nSPS) is 13.8. The van der Waals surface area contributed by atoms with Crippen LogP contribution < -0.4 is 5.32 Å². The van der Waals surface area contributed by atoms with Crippen LogP contribution in [-0.4, -0.2) is 54.3 Å². The Morgan fingerprint density at radius 2 is 0.891 bits per heavy atom. The van der Waals surface area contributed by atoms with Crippen LogP contribution in [0.2, 0.25) is 0 Å². The maximum absolute atomic E-state index is 12.2. The van der Waals surface area contributed by atoms with Crippen LogP contribution in [0.15, 0.2) is 72.9 Å². The number of amides is 1. The number of ether oxygens (including phenoxy) is 1. The number of aliphatic hydroxyl groups is 1. The first-order valence-electron chi connectivity index (χ1n) is 25.9. The lowest BCUT2D eigenvalue weighted by molar-refractivity contribution is -0.147. The van der Waals surface area contributed by atoms with Crippen molar-refractivity contribution in [3.05, 3.63) is 72.9 Å². The number of unbranched alkanes of at least 4 members (excludes halogenated alkanes) is 23. The number of allylic oxidation sites excluding steroid dienone is 12. The molecule has 0 aliphatic carbocycles. The summed E-state index contributed by atoms with van der Waals surface area (Å²) in [7, 11) is -4.44. The van der Waals surface area contributed by atoms with Gasteiger partial charge in [-0.25, -0.2) is 4.57 Å². The van der Waals surface area contributed by atoms with Crippen molar-refractivity contribution in [2.24, 2.45) is 0 Å². The van der Waals surface area contributed by atoms with Gasteiger partial charge in [0.1, 0.15) is 12.7 Å². The zero-order chi connectivity index (χ0) is 46.7. The summed E-state index contributed by atoms with van der Waals surface area (Å²) in [6.45, 7) is 3.41. The molecule has 0 aromatic carbocycles. The fourth-order valence-corrected chi connectivity index (χ4v) is 7.79. The zero-order valence-electron chi connectivity index (χ0n) is 41.0. The van der Waals surface area contributed by atoms with Crippen LogP contribution >= 0.6 is 7.82 Å². The van der Waals surface area contributed by atoms with Crippen LogP contribution in [0.1, 0.15) is 226 Å². The number of esters is 1. The van der Waals surface area contributed by atoms with E-state index in [0.29, 0.717) is 6.42 Å². The van der Waals surface area contributed by atoms with E-state index in [0.717, 1.165) is 77.0 Å². The molecule has 0 aromatic rings. The highest BCUT2D eigenvalue weighted by Gasteiger charge is 2.23. The summed E-state index contributed by atoms with van der Waals surface area (Å²) in [4.78, 5) is 34.1. The molecule has 2 unspecified atom stereocenters. The molecule has 0 fully saturated rings. The molecule has 0 aromatic heterocycles. The summed E-state index contributed by atoms with van der Waals surface area (Å²) in [5.74, 6) is -0.557. The standard InChI is InChI=1S/C54H96NO8P/c1-3-5-7-9-11-13-15-17-19-21-23-25-27-29-31-33-35-37-39-41-43-45-47-54(58)61-50-52(56)51-63-64(59,60)62-49-48-55-53(57)46-44-42-40-38-36-34-32-30-28-26-24-22-20-18-16-14-12-10-8-6-4-2/h6,8,12,14,18,20,24,26,30,32,36,38,52,56H,3-5,7,9-11,13,15-17,19,21-23,25,27-29,31,33-35,37,39-51H2,1-2H3,(H,55,57)(H,59,60)/b8-6-,14-12-,20-18-,26-24-,32-30-,38-36-. The van der Waals surface area contributed by atoms with Crippen molar-refractivity contribution in [1.29, 1.82) is 0 Å². The van der Waals surface area contributed by atoms with Crippen molar-refractivity contribution >= 4 is 19.7 Å². The number of nitrogens with one attached hydrogen (secondary N) is 1. The van der Waals surface area contributed by atoms with Gasteiger partial charge < -0.3 is 20.1 Å². The molecule has 0 saturated heterocycles. The summed E-state index contributed by atoms with van der Waals surface area (Å²) in [5.41, 5.74) is 0. The third-order valence-corrected chi connectivity index (χ3v) is 11.9. The molecule has 0 heterocycles. The van der Waals surface area contributed by atoms with E-state index in [2.05, 4.69) is 92.1 Å². The molecule has 64 heavy (non-hydrogen) atoms. The van der Waals surface area contributed by atoms with Crippen molar-refractivity contribution in [2.75, 3.05) is 26.4 Å². The Labute approximate surface area is 392 Å². The first-order chi connectivity index (χ1) is 31.3. The predicted molar refractivity (Wildman–Crippen MR) is 270 cm³/mol. The SMILES string of the molecule is CC/C=C\C/C=C\C/C=C\C/C=C\C/C=C\C/C=C\CCCCC(=O)NCCOP(=O)(O)OCC(O)COC(=O)CCCCCCCCCCCCCCCCCCCCCCCC. The molecule has 2 atom stereocenters. The number of carbonyl (C=O) groups is 2. The molecular weight excluding hydrogens is 822 g/mol. The van der Waals surface area contributed by atoms with E-state index in [4.69, 9.17) is 13.8 Å². The smallest absolute Gasteiger partial charge is 0.463 e. The minimum atomic E-state index is -4.44. The van der Waals surface area contributed by atoms with Gasteiger partial charge in [-0.2, -0.15) is 0 Å². The second kappa shape index (κ2) is 49.9. The summed E-state index contributed by atoms with van der Waals surface area (Å²) >= 11 is 0. The van der Waals surface area contributed by atoms with Crippen LogP contribution in [0, 0.1) is 0 Å². The maximum atomic E-state index is 12.2. The van der Waals surface area contributed by atoms with Crippen molar-refractivity contribution in [3.63, 3.8) is 0 Å². The quantitative estimate of drug-likeness (QED) is 0.0238. The van der Waals surface area contributed by atoms with Gasteiger partial charge in [0.2, 0.25) is 5.91 Å². The number of phosphoric acid groups is 1. The third kappa shape index (κ3) is 50.4. The number of carbonyl (C=O) groups excluding carboxylic acids is 2. The minimum absolute atomic E-state index is 0.0552. The summed E-state index contributed by atoms with van der Waals surface area (Å²) in [5, 5.41) is 12.7. The molecule has 0 aliphatic heterocycles. The molecule has 370 valence electrons. The Morgan fingerprint density at radius 1 is 0.500 bits per heavy atom. The van der Waals surface area contributed by atoms with Gasteiger partial charge >= 0.3 is 13.8 Å². The highest BCUT2D eigenvalue weighted by Crippen LogP contribution is 2.42. The van der Waals surface area contributed by atoms with E-state index >= 15 is 0 Å². The molecule has 1 amide bonds. The van der Waals surface area contributed by atoms with Gasteiger partial charge in [-0.05, 0) is 64.2 Å². The molecule has 0 saturated carbocycles. The number of hydrogen-bond acceptors (Lipinski definition) is 7. The van der Waals surface area contributed by atoms with Gasteiger partial charge in [-0.15, -0.1) is 0 Å². The largest absolute Gasteiger partial charge is 0.472 e. The minimum Gasteiger partial charge on any atom is -0.463 e. The van der Waals surface area contributed by atoms with Gasteiger partial charge in [-0.3, -0.25) is 18.6 Å². The van der Waals surface area contributed by atoms with E-state index in [1.807, 2.05) is 0 Å². The van der Waals surface area contributed by atoms with E-state index < -0.39 is 26.5 Å². The van der Waals surface area contributed by atoms with Crippen LogP contribution in [0.5, 0.6) is 0 Å². The van der Waals surface area contributed by atoms with Crippen LogP contribution in [0.4, 0.5) is 0 Å². The first kappa shape index (κ1) is 61.5. The van der Waals surface area contributed by atoms with Crippen molar-refractivity contribution in [1.82, 2.24) is 5.32 Å². The van der Waals surface area contributed by atoms with E-state index in [1.165, 1.54) is 122 Å². The molecule has 9 nitrogen and oxygen atoms in total. The van der Waals surface area contributed by atoms with E-state index in [1.54, 1.807) is 0 Å². The molecule has 0 radical (unpaired) electrons. The van der Waals surface area contributed by atoms with Gasteiger partial charge in [0, 0.05) is 19.4 Å². The van der Waals surface area contributed by atoms with Crippen molar-refractivity contribution in [3.8, 4) is 0 Å². The zero-order valence-corrected chi connectivity index (χ0v) is 41.9. The Balaban J connectivity index is 3.61. The molecule has 0 aliphatic rings. The lowest BCUT2D eigenvalue weighted by Gasteiger charge is -2.15. The predicted octanol–water partition coefficient (Wildman–Crippen LogP) is 15.4. The van der Waals surface area contributed by atoms with Gasteiger partial charge in [0.05, 0.1) is 13.2 Å².